The van der Waals surface area contributed by atoms with E-state index in [2.05, 4.69) is 15.9 Å². The van der Waals surface area contributed by atoms with E-state index in [0.29, 0.717) is 5.92 Å². The van der Waals surface area contributed by atoms with Crippen molar-refractivity contribution < 1.29 is 14.3 Å². The van der Waals surface area contributed by atoms with Gasteiger partial charge in [0.1, 0.15) is 4.83 Å². The maximum atomic E-state index is 11.6. The molecule has 1 unspecified atom stereocenters. The molecule has 1 saturated heterocycles. The Bertz CT molecular complexity index is 298. The summed E-state index contributed by atoms with van der Waals surface area (Å²) in [5, 5.41) is 0. The van der Waals surface area contributed by atoms with Crippen molar-refractivity contribution in [1.29, 1.82) is 0 Å². The van der Waals surface area contributed by atoms with Crippen molar-refractivity contribution in [3.05, 3.63) is 0 Å². The van der Waals surface area contributed by atoms with Gasteiger partial charge in [-0.3, -0.25) is 9.59 Å². The summed E-state index contributed by atoms with van der Waals surface area (Å²) in [5.74, 6) is 0.299. The summed E-state index contributed by atoms with van der Waals surface area (Å²) in [4.78, 5) is 24.7. The highest BCUT2D eigenvalue weighted by Crippen LogP contribution is 2.35. The lowest BCUT2D eigenvalue weighted by molar-refractivity contribution is -0.151. The molecule has 96 valence electrons. The van der Waals surface area contributed by atoms with Crippen LogP contribution in [0, 0.1) is 5.92 Å². The first-order chi connectivity index (χ1) is 8.16. The van der Waals surface area contributed by atoms with Crippen LogP contribution in [0.5, 0.6) is 0 Å². The fourth-order valence-corrected chi connectivity index (χ4v) is 2.68. The van der Waals surface area contributed by atoms with Crippen molar-refractivity contribution in [2.45, 2.75) is 36.9 Å². The highest BCUT2D eigenvalue weighted by atomic mass is 79.9. The van der Waals surface area contributed by atoms with E-state index < -0.39 is 0 Å². The molecule has 0 aromatic heterocycles. The zero-order valence-electron chi connectivity index (χ0n) is 9.86. The third kappa shape index (κ3) is 3.98. The van der Waals surface area contributed by atoms with Crippen LogP contribution in [0.25, 0.3) is 0 Å². The Morgan fingerprint density at radius 3 is 2.53 bits per heavy atom. The molecule has 1 saturated carbocycles. The highest BCUT2D eigenvalue weighted by Gasteiger charge is 2.29. The molecule has 0 radical (unpaired) electrons. The fourth-order valence-electron chi connectivity index (χ4n) is 2.02. The predicted molar refractivity (Wildman–Crippen MR) is 66.8 cm³/mol. The molecule has 2 rings (SSSR count). The third-order valence-electron chi connectivity index (χ3n) is 3.29. The average Bonchev–Trinajstić information content (AvgIpc) is 2.96. The first kappa shape index (κ1) is 12.9. The van der Waals surface area contributed by atoms with Crippen molar-refractivity contribution in [3.8, 4) is 0 Å². The number of ether oxygens (including phenoxy) is 1. The number of carbonyl (C=O) groups excluding carboxylic acids is 2. The molecule has 0 bridgehead atoms. The number of halogens is 1. The van der Waals surface area contributed by atoms with Gasteiger partial charge in [0.25, 0.3) is 5.91 Å². The molecule has 1 atom stereocenters. The van der Waals surface area contributed by atoms with Crippen molar-refractivity contribution in [3.63, 3.8) is 0 Å². The van der Waals surface area contributed by atoms with E-state index in [4.69, 9.17) is 4.74 Å². The van der Waals surface area contributed by atoms with Gasteiger partial charge >= 0.3 is 5.97 Å². The minimum Gasteiger partial charge on any atom is -0.455 e. The van der Waals surface area contributed by atoms with Crippen LogP contribution in [0.3, 0.4) is 0 Å². The maximum Gasteiger partial charge on any atom is 0.320 e. The Morgan fingerprint density at radius 2 is 1.94 bits per heavy atom. The lowest BCUT2D eigenvalue weighted by Crippen LogP contribution is -2.33. The molecule has 1 aliphatic carbocycles. The van der Waals surface area contributed by atoms with Gasteiger partial charge in [-0.2, -0.15) is 0 Å². The molecule has 0 N–H and O–H groups in total. The van der Waals surface area contributed by atoms with Gasteiger partial charge in [0.2, 0.25) is 0 Å². The largest absolute Gasteiger partial charge is 0.455 e. The molecule has 5 heteroatoms. The van der Waals surface area contributed by atoms with Gasteiger partial charge < -0.3 is 9.64 Å². The number of hydrogen-bond acceptors (Lipinski definition) is 3. The van der Waals surface area contributed by atoms with Gasteiger partial charge in [-0.1, -0.05) is 28.8 Å². The van der Waals surface area contributed by atoms with Crippen molar-refractivity contribution in [2.24, 2.45) is 5.92 Å². The monoisotopic (exact) mass is 303 g/mol. The summed E-state index contributed by atoms with van der Waals surface area (Å²) in [5.41, 5.74) is 0. The molecule has 2 fully saturated rings. The minimum absolute atomic E-state index is 0.0676. The molecule has 4 nitrogen and oxygen atoms in total. The molecule has 1 heterocycles. The Hall–Kier alpha value is -0.580. The van der Waals surface area contributed by atoms with E-state index >= 15 is 0 Å². The number of rotatable bonds is 5. The van der Waals surface area contributed by atoms with Gasteiger partial charge in [-0.05, 0) is 25.2 Å². The number of nitrogens with zero attached hydrogens (tertiary/aromatic N) is 1. The second-order valence-corrected chi connectivity index (χ2v) is 5.95. The molecule has 0 aromatic carbocycles. The van der Waals surface area contributed by atoms with E-state index in [1.54, 1.807) is 4.90 Å². The summed E-state index contributed by atoms with van der Waals surface area (Å²) in [6, 6.07) is 0. The molecule has 0 aromatic rings. The first-order valence-corrected chi connectivity index (χ1v) is 7.17. The highest BCUT2D eigenvalue weighted by molar-refractivity contribution is 9.10. The van der Waals surface area contributed by atoms with E-state index in [-0.39, 0.29) is 23.3 Å². The number of esters is 1. The Labute approximate surface area is 110 Å². The second kappa shape index (κ2) is 5.85. The van der Waals surface area contributed by atoms with E-state index in [1.807, 2.05) is 0 Å². The molecular weight excluding hydrogens is 286 g/mol. The van der Waals surface area contributed by atoms with Crippen LogP contribution in [-0.2, 0) is 14.3 Å². The zero-order valence-corrected chi connectivity index (χ0v) is 11.4. The van der Waals surface area contributed by atoms with Crippen LogP contribution in [0.15, 0.2) is 0 Å². The van der Waals surface area contributed by atoms with Crippen molar-refractivity contribution in [1.82, 2.24) is 4.90 Å². The van der Waals surface area contributed by atoms with Gasteiger partial charge in [0.15, 0.2) is 6.61 Å². The van der Waals surface area contributed by atoms with Gasteiger partial charge in [-0.25, -0.2) is 0 Å². The number of hydrogen-bond donors (Lipinski definition) is 0. The summed E-state index contributed by atoms with van der Waals surface area (Å²) < 4.78 is 5.03. The Morgan fingerprint density at radius 1 is 1.29 bits per heavy atom. The first-order valence-electron chi connectivity index (χ1n) is 6.25. The number of carbonyl (C=O) groups is 2. The summed E-state index contributed by atoms with van der Waals surface area (Å²) in [7, 11) is 0. The third-order valence-corrected chi connectivity index (χ3v) is 4.04. The van der Waals surface area contributed by atoms with Gasteiger partial charge in [0.05, 0.1) is 0 Å². The quantitative estimate of drug-likeness (QED) is 0.574. The molecule has 2 aliphatic rings. The standard InChI is InChI=1S/C12H18BrNO3/c13-10(7-9-3-4-9)12(16)17-8-11(15)14-5-1-2-6-14/h9-10H,1-8H2. The normalized spacial score (nSPS) is 21.4. The van der Waals surface area contributed by atoms with Crippen LogP contribution < -0.4 is 0 Å². The number of alkyl halides is 1. The lowest BCUT2D eigenvalue weighted by atomic mass is 10.2. The van der Waals surface area contributed by atoms with Gasteiger partial charge in [-0.15, -0.1) is 0 Å². The van der Waals surface area contributed by atoms with Gasteiger partial charge in [0, 0.05) is 13.1 Å². The Balaban J connectivity index is 1.65. The van der Waals surface area contributed by atoms with Crippen LogP contribution in [0.1, 0.15) is 32.1 Å². The Kier molecular flexibility index (Phi) is 4.42. The molecule has 0 spiro atoms. The predicted octanol–water partition coefficient (Wildman–Crippen LogP) is 1.72. The number of amides is 1. The SMILES string of the molecule is O=C(OCC(=O)N1CCCC1)C(Br)CC1CC1. The maximum absolute atomic E-state index is 11.6. The van der Waals surface area contributed by atoms with E-state index in [1.165, 1.54) is 12.8 Å². The molecule has 1 amide bonds. The van der Waals surface area contributed by atoms with Crippen molar-refractivity contribution in [2.75, 3.05) is 19.7 Å². The molecule has 1 aliphatic heterocycles. The topological polar surface area (TPSA) is 46.6 Å². The average molecular weight is 304 g/mol. The zero-order chi connectivity index (χ0) is 12.3. The molecular formula is C12H18BrNO3. The minimum atomic E-state index is -0.301. The summed E-state index contributed by atoms with van der Waals surface area (Å²) in [6.07, 6.45) is 5.37. The summed E-state index contributed by atoms with van der Waals surface area (Å²) >= 11 is 3.32. The van der Waals surface area contributed by atoms with Crippen LogP contribution in [-0.4, -0.2) is 41.3 Å². The second-order valence-electron chi connectivity index (χ2n) is 4.84. The van der Waals surface area contributed by atoms with Crippen LogP contribution in [0.4, 0.5) is 0 Å². The van der Waals surface area contributed by atoms with E-state index in [9.17, 15) is 9.59 Å². The lowest BCUT2D eigenvalue weighted by Gasteiger charge is -2.15. The van der Waals surface area contributed by atoms with Crippen molar-refractivity contribution >= 4 is 27.8 Å². The number of likely N-dealkylation sites (tertiary alicyclic amines) is 1. The van der Waals surface area contributed by atoms with E-state index in [0.717, 1.165) is 32.4 Å². The van der Waals surface area contributed by atoms with Crippen LogP contribution in [0.2, 0.25) is 0 Å². The fraction of sp³-hybridized carbons (Fsp3) is 0.833. The molecule has 17 heavy (non-hydrogen) atoms. The summed E-state index contributed by atoms with van der Waals surface area (Å²) in [6.45, 7) is 1.50. The smallest absolute Gasteiger partial charge is 0.320 e. The van der Waals surface area contributed by atoms with Crippen LogP contribution >= 0.6 is 15.9 Å².